The summed E-state index contributed by atoms with van der Waals surface area (Å²) in [7, 11) is 2.16. The molecule has 68 valence electrons. The fourth-order valence-corrected chi connectivity index (χ4v) is 2.46. The van der Waals surface area contributed by atoms with Gasteiger partial charge in [-0.2, -0.15) is 0 Å². The van der Waals surface area contributed by atoms with Gasteiger partial charge in [0.25, 0.3) is 0 Å². The quantitative estimate of drug-likeness (QED) is 0.491. The van der Waals surface area contributed by atoms with Gasteiger partial charge in [-0.1, -0.05) is 13.3 Å². The molecule has 0 aliphatic carbocycles. The van der Waals surface area contributed by atoms with Crippen LogP contribution in [0.4, 0.5) is 0 Å². The Kier molecular flexibility index (Phi) is 3.77. The molecule has 1 rings (SSSR count). The smallest absolute Gasteiger partial charge is 0.123 e. The van der Waals surface area contributed by atoms with E-state index in [0.29, 0.717) is 11.3 Å². The summed E-state index contributed by atoms with van der Waals surface area (Å²) in [6.07, 6.45) is 9.59. The average Bonchev–Trinajstić information content (AvgIpc) is 2.43. The van der Waals surface area contributed by atoms with Crippen molar-refractivity contribution in [3.63, 3.8) is 0 Å². The first-order valence-corrected chi connectivity index (χ1v) is 5.06. The van der Waals surface area contributed by atoms with Crippen molar-refractivity contribution >= 4 is 12.0 Å². The Morgan fingerprint density at radius 3 is 3.00 bits per heavy atom. The molecular formula is C9H15NOS. The summed E-state index contributed by atoms with van der Waals surface area (Å²) in [5.74, 6) is 0. The third-order valence-electron chi connectivity index (χ3n) is 2.35. The Hall–Kier alpha value is -0.330. The molecule has 0 aromatic rings. The van der Waals surface area contributed by atoms with E-state index in [-0.39, 0.29) is 0 Å². The highest BCUT2D eigenvalue weighted by atomic mass is 32.2. The summed E-state index contributed by atoms with van der Waals surface area (Å²) in [6.45, 7) is 3.31. The van der Waals surface area contributed by atoms with Crippen molar-refractivity contribution in [1.29, 1.82) is 0 Å². The molecule has 1 heterocycles. The third kappa shape index (κ3) is 2.33. The predicted octanol–water partition coefficient (Wildman–Crippen LogP) is 1.72. The molecule has 1 aliphatic heterocycles. The highest BCUT2D eigenvalue weighted by Gasteiger charge is 2.29. The van der Waals surface area contributed by atoms with Gasteiger partial charge in [0.1, 0.15) is 6.11 Å². The molecule has 2 unspecified atom stereocenters. The molecular weight excluding hydrogens is 170 g/mol. The Labute approximate surface area is 78.9 Å². The van der Waals surface area contributed by atoms with Crippen LogP contribution in [0.15, 0.2) is 0 Å². The normalized spacial score (nSPS) is 30.1. The van der Waals surface area contributed by atoms with Crippen molar-refractivity contribution in [1.82, 2.24) is 4.90 Å². The summed E-state index contributed by atoms with van der Waals surface area (Å²) in [6, 6.07) is 0.712. The topological polar surface area (TPSA) is 12.5 Å². The standard InChI is InChI=1S/C9H15NOS/c1-4-8-6-9(7-10(8)3)12-11-5-2/h2,8-9H,4,6-7H2,1,3H3. The molecule has 0 aromatic heterocycles. The van der Waals surface area contributed by atoms with Crippen molar-refractivity contribution < 1.29 is 4.18 Å². The number of hydrogen-bond donors (Lipinski definition) is 0. The van der Waals surface area contributed by atoms with Gasteiger partial charge in [-0.15, -0.1) is 0 Å². The Morgan fingerprint density at radius 1 is 1.75 bits per heavy atom. The summed E-state index contributed by atoms with van der Waals surface area (Å²) >= 11 is 1.43. The minimum absolute atomic E-state index is 0.552. The molecule has 12 heavy (non-hydrogen) atoms. The van der Waals surface area contributed by atoms with Gasteiger partial charge in [0, 0.05) is 12.6 Å². The van der Waals surface area contributed by atoms with Gasteiger partial charge >= 0.3 is 0 Å². The Bertz CT molecular complexity index is 178. The molecule has 2 nitrogen and oxygen atoms in total. The van der Waals surface area contributed by atoms with E-state index in [9.17, 15) is 0 Å². The SMILES string of the molecule is C#COSC1CC(CC)N(C)C1. The van der Waals surface area contributed by atoms with Gasteiger partial charge in [-0.25, -0.2) is 0 Å². The minimum atomic E-state index is 0.552. The maximum Gasteiger partial charge on any atom is 0.123 e. The third-order valence-corrected chi connectivity index (χ3v) is 3.16. The molecule has 0 amide bonds. The zero-order chi connectivity index (χ0) is 8.97. The Morgan fingerprint density at radius 2 is 2.50 bits per heavy atom. The van der Waals surface area contributed by atoms with E-state index in [1.165, 1.54) is 24.9 Å². The number of nitrogens with zero attached hydrogens (tertiary/aromatic N) is 1. The van der Waals surface area contributed by atoms with Crippen LogP contribution in [0.1, 0.15) is 19.8 Å². The van der Waals surface area contributed by atoms with E-state index in [1.807, 2.05) is 0 Å². The van der Waals surface area contributed by atoms with Crippen LogP contribution in [0.3, 0.4) is 0 Å². The maximum atomic E-state index is 5.00. The molecule has 1 saturated heterocycles. The van der Waals surface area contributed by atoms with E-state index >= 15 is 0 Å². The van der Waals surface area contributed by atoms with Crippen LogP contribution in [-0.2, 0) is 4.18 Å². The van der Waals surface area contributed by atoms with Crippen LogP contribution in [0.25, 0.3) is 0 Å². The second-order valence-corrected chi connectivity index (χ2v) is 4.18. The van der Waals surface area contributed by atoms with Gasteiger partial charge in [0.05, 0.1) is 17.3 Å². The number of hydrogen-bond acceptors (Lipinski definition) is 3. The zero-order valence-electron chi connectivity index (χ0n) is 7.62. The highest BCUT2D eigenvalue weighted by Crippen LogP contribution is 2.27. The fourth-order valence-electron chi connectivity index (χ4n) is 1.67. The van der Waals surface area contributed by atoms with Crippen LogP contribution in [0.2, 0.25) is 0 Å². The second-order valence-electron chi connectivity index (χ2n) is 3.16. The van der Waals surface area contributed by atoms with Crippen LogP contribution in [0, 0.1) is 12.5 Å². The van der Waals surface area contributed by atoms with Crippen molar-refractivity contribution in [2.75, 3.05) is 13.6 Å². The zero-order valence-corrected chi connectivity index (χ0v) is 8.43. The predicted molar refractivity (Wildman–Crippen MR) is 52.6 cm³/mol. The fraction of sp³-hybridized carbons (Fsp3) is 0.778. The monoisotopic (exact) mass is 185 g/mol. The van der Waals surface area contributed by atoms with Crippen molar-refractivity contribution in [3.8, 4) is 12.5 Å². The molecule has 0 radical (unpaired) electrons. The number of rotatable bonds is 3. The van der Waals surface area contributed by atoms with E-state index in [2.05, 4.69) is 25.0 Å². The van der Waals surface area contributed by atoms with E-state index < -0.39 is 0 Å². The number of terminal acetylenes is 1. The lowest BCUT2D eigenvalue weighted by molar-refractivity contribution is 0.304. The number of likely N-dealkylation sites (tertiary alicyclic amines) is 1. The van der Waals surface area contributed by atoms with Gasteiger partial charge < -0.3 is 9.08 Å². The first-order chi connectivity index (χ1) is 5.77. The minimum Gasteiger partial charge on any atom is -0.375 e. The van der Waals surface area contributed by atoms with Crippen LogP contribution in [-0.4, -0.2) is 29.8 Å². The lowest BCUT2D eigenvalue weighted by atomic mass is 10.2. The van der Waals surface area contributed by atoms with Crippen LogP contribution >= 0.6 is 12.0 Å². The summed E-state index contributed by atoms with van der Waals surface area (Å²) in [5, 5.41) is 0.552. The molecule has 0 spiro atoms. The first-order valence-electron chi connectivity index (χ1n) is 4.26. The van der Waals surface area contributed by atoms with Gasteiger partial charge in [-0.3, -0.25) is 0 Å². The summed E-state index contributed by atoms with van der Waals surface area (Å²) < 4.78 is 4.88. The van der Waals surface area contributed by atoms with Gasteiger partial charge in [0.15, 0.2) is 0 Å². The summed E-state index contributed by atoms with van der Waals surface area (Å²) in [4.78, 5) is 2.37. The molecule has 0 aromatic carbocycles. The molecule has 1 fully saturated rings. The largest absolute Gasteiger partial charge is 0.375 e. The molecule has 0 saturated carbocycles. The van der Waals surface area contributed by atoms with E-state index in [4.69, 9.17) is 10.6 Å². The molecule has 0 N–H and O–H groups in total. The molecule has 1 aliphatic rings. The van der Waals surface area contributed by atoms with Crippen molar-refractivity contribution in [2.45, 2.75) is 31.1 Å². The molecule has 0 bridgehead atoms. The molecule has 3 heteroatoms. The van der Waals surface area contributed by atoms with Crippen molar-refractivity contribution in [3.05, 3.63) is 0 Å². The second kappa shape index (κ2) is 4.64. The lowest BCUT2D eigenvalue weighted by Crippen LogP contribution is -2.23. The maximum absolute atomic E-state index is 5.00. The van der Waals surface area contributed by atoms with E-state index in [0.717, 1.165) is 6.54 Å². The van der Waals surface area contributed by atoms with Gasteiger partial charge in [0.2, 0.25) is 0 Å². The highest BCUT2D eigenvalue weighted by molar-refractivity contribution is 7.95. The van der Waals surface area contributed by atoms with E-state index in [1.54, 1.807) is 0 Å². The molecule has 2 atom stereocenters. The summed E-state index contributed by atoms with van der Waals surface area (Å²) in [5.41, 5.74) is 0. The van der Waals surface area contributed by atoms with Crippen LogP contribution < -0.4 is 0 Å². The van der Waals surface area contributed by atoms with Gasteiger partial charge in [-0.05, 0) is 19.9 Å². The average molecular weight is 185 g/mol. The van der Waals surface area contributed by atoms with Crippen LogP contribution in [0.5, 0.6) is 0 Å². The lowest BCUT2D eigenvalue weighted by Gasteiger charge is -2.15. The Balaban J connectivity index is 2.29. The van der Waals surface area contributed by atoms with Crippen molar-refractivity contribution in [2.24, 2.45) is 0 Å². The first kappa shape index (κ1) is 9.76.